The van der Waals surface area contributed by atoms with E-state index in [1.165, 1.54) is 32.2 Å². The van der Waals surface area contributed by atoms with Crippen LogP contribution in [-0.4, -0.2) is 48.0 Å². The van der Waals surface area contributed by atoms with Gasteiger partial charge in [0.25, 0.3) is 0 Å². The topological polar surface area (TPSA) is 43.7 Å². The molecule has 0 bridgehead atoms. The maximum Gasteiger partial charge on any atom is 0.0771 e. The van der Waals surface area contributed by atoms with Crippen LogP contribution in [0.3, 0.4) is 0 Å². The third-order valence-corrected chi connectivity index (χ3v) is 7.04. The predicted octanol–water partition coefficient (Wildman–Crippen LogP) is 5.19. The Morgan fingerprint density at radius 1 is 1.21 bits per heavy atom. The van der Waals surface area contributed by atoms with Gasteiger partial charge in [-0.1, -0.05) is 63.8 Å². The highest BCUT2D eigenvalue weighted by atomic mass is 16.3. The molecule has 0 heterocycles. The molecule has 2 rings (SSSR count). The monoisotopic (exact) mass is 391 g/mol. The molecule has 0 saturated heterocycles. The lowest BCUT2D eigenvalue weighted by Crippen LogP contribution is -2.28. The van der Waals surface area contributed by atoms with Gasteiger partial charge in [0.15, 0.2) is 0 Å². The number of rotatable bonds is 12. The summed E-state index contributed by atoms with van der Waals surface area (Å²) in [5.41, 5.74) is 1.51. The Morgan fingerprint density at radius 3 is 2.64 bits per heavy atom. The second-order valence-electron chi connectivity index (χ2n) is 10.3. The first-order valence-corrected chi connectivity index (χ1v) is 11.6. The van der Waals surface area contributed by atoms with Gasteiger partial charge in [-0.2, -0.15) is 0 Å². The second kappa shape index (κ2) is 10.9. The smallest absolute Gasteiger partial charge is 0.0771 e. The molecule has 2 aliphatic rings. The number of allylic oxidation sites excluding steroid dienone is 2. The summed E-state index contributed by atoms with van der Waals surface area (Å²) >= 11 is 0. The van der Waals surface area contributed by atoms with Gasteiger partial charge in [0.1, 0.15) is 0 Å². The van der Waals surface area contributed by atoms with Gasteiger partial charge in [0.2, 0.25) is 0 Å². The van der Waals surface area contributed by atoms with Crippen molar-refractivity contribution in [2.24, 2.45) is 23.2 Å². The summed E-state index contributed by atoms with van der Waals surface area (Å²) in [7, 11) is 4.28. The Hall–Kier alpha value is -0.640. The molecule has 5 atom stereocenters. The van der Waals surface area contributed by atoms with Gasteiger partial charge in [-0.05, 0) is 76.4 Å². The summed E-state index contributed by atoms with van der Waals surface area (Å²) in [5, 5.41) is 21.2. The largest absolute Gasteiger partial charge is 0.392 e. The Labute approximate surface area is 173 Å². The number of fused-ring (bicyclic) bond motifs is 1. The van der Waals surface area contributed by atoms with E-state index in [0.29, 0.717) is 11.8 Å². The molecule has 2 N–H and O–H groups in total. The van der Waals surface area contributed by atoms with Crippen molar-refractivity contribution in [3.05, 3.63) is 23.8 Å². The molecule has 1 fully saturated rings. The first-order valence-electron chi connectivity index (χ1n) is 11.6. The van der Waals surface area contributed by atoms with Crippen LogP contribution in [0, 0.1) is 23.2 Å². The molecule has 0 aromatic rings. The van der Waals surface area contributed by atoms with Crippen molar-refractivity contribution in [2.75, 3.05) is 20.6 Å². The molecule has 0 radical (unpaired) electrons. The first-order chi connectivity index (χ1) is 13.2. The van der Waals surface area contributed by atoms with Crippen LogP contribution in [0.25, 0.3) is 0 Å². The van der Waals surface area contributed by atoms with Crippen LogP contribution in [0.1, 0.15) is 78.6 Å². The Bertz CT molecular complexity index is 523. The van der Waals surface area contributed by atoms with Crippen molar-refractivity contribution < 1.29 is 10.2 Å². The molecule has 0 aliphatic heterocycles. The molecule has 0 unspecified atom stereocenters. The molecular formula is C25H45NO2. The normalized spacial score (nSPS) is 28.9. The van der Waals surface area contributed by atoms with Crippen molar-refractivity contribution in [1.82, 2.24) is 4.90 Å². The van der Waals surface area contributed by atoms with Crippen LogP contribution >= 0.6 is 0 Å². The zero-order chi connectivity index (χ0) is 20.7. The van der Waals surface area contributed by atoms with Crippen LogP contribution in [0.5, 0.6) is 0 Å². The second-order valence-corrected chi connectivity index (χ2v) is 10.3. The van der Waals surface area contributed by atoms with E-state index in [-0.39, 0.29) is 17.4 Å². The average molecular weight is 392 g/mol. The molecule has 1 saturated carbocycles. The van der Waals surface area contributed by atoms with Crippen molar-refractivity contribution in [3.8, 4) is 0 Å². The van der Waals surface area contributed by atoms with Gasteiger partial charge >= 0.3 is 0 Å². The number of unbranched alkanes of at least 4 members (excludes halogenated alkanes) is 3. The van der Waals surface area contributed by atoms with Crippen LogP contribution in [0.2, 0.25) is 0 Å². The molecule has 162 valence electrons. The van der Waals surface area contributed by atoms with E-state index >= 15 is 0 Å². The molecule has 0 aromatic heterocycles. The van der Waals surface area contributed by atoms with Gasteiger partial charge in [0.05, 0.1) is 12.2 Å². The van der Waals surface area contributed by atoms with Crippen LogP contribution in [-0.2, 0) is 0 Å². The van der Waals surface area contributed by atoms with E-state index in [9.17, 15) is 10.2 Å². The Balaban J connectivity index is 1.83. The quantitative estimate of drug-likeness (QED) is 0.356. The van der Waals surface area contributed by atoms with E-state index in [1.807, 2.05) is 6.08 Å². The number of aliphatic hydroxyl groups is 2. The van der Waals surface area contributed by atoms with Crippen molar-refractivity contribution in [1.29, 1.82) is 0 Å². The lowest BCUT2D eigenvalue weighted by Gasteiger charge is -2.29. The summed E-state index contributed by atoms with van der Waals surface area (Å²) in [6, 6.07) is 0. The molecule has 3 heteroatoms. The SMILES string of the molecule is CCCCC(C)(C)[C@H](O)/C=C/[C@@H]1[C@H]2CC(CCCCCN(C)C)=C[C@H]2C[C@H]1O. The lowest BCUT2D eigenvalue weighted by molar-refractivity contribution is 0.0798. The van der Waals surface area contributed by atoms with Crippen LogP contribution in [0.4, 0.5) is 0 Å². The number of nitrogens with zero attached hydrogens (tertiary/aromatic N) is 1. The Kier molecular flexibility index (Phi) is 9.24. The molecular weight excluding hydrogens is 346 g/mol. The fourth-order valence-electron chi connectivity index (χ4n) is 5.02. The standard InChI is InChI=1S/C25H45NO2/c1-6-7-14-25(2,3)24(28)13-12-21-22-17-19(16-20(22)18-23(21)27)11-9-8-10-15-26(4)5/h12-13,16,20-24,27-28H,6-11,14-15,17-18H2,1-5H3/b13-12+/t20-,21+,22-,23+,24+/m0/s1. The van der Waals surface area contributed by atoms with Crippen molar-refractivity contribution in [2.45, 2.75) is 90.8 Å². The number of aliphatic hydroxyl groups excluding tert-OH is 2. The molecule has 3 nitrogen and oxygen atoms in total. The van der Waals surface area contributed by atoms with Crippen LogP contribution < -0.4 is 0 Å². The highest BCUT2D eigenvalue weighted by Crippen LogP contribution is 2.48. The summed E-state index contributed by atoms with van der Waals surface area (Å²) in [4.78, 5) is 2.26. The highest BCUT2D eigenvalue weighted by molar-refractivity contribution is 5.21. The molecule has 2 aliphatic carbocycles. The zero-order valence-corrected chi connectivity index (χ0v) is 19.0. The first kappa shape index (κ1) is 23.6. The molecule has 0 amide bonds. The number of hydrogen-bond acceptors (Lipinski definition) is 3. The summed E-state index contributed by atoms with van der Waals surface area (Å²) < 4.78 is 0. The molecule has 0 aromatic carbocycles. The summed E-state index contributed by atoms with van der Waals surface area (Å²) in [6.07, 6.45) is 16.4. The van der Waals surface area contributed by atoms with Crippen molar-refractivity contribution in [3.63, 3.8) is 0 Å². The van der Waals surface area contributed by atoms with E-state index < -0.39 is 6.10 Å². The fraction of sp³-hybridized carbons (Fsp3) is 0.840. The van der Waals surface area contributed by atoms with Crippen molar-refractivity contribution >= 4 is 0 Å². The fourth-order valence-corrected chi connectivity index (χ4v) is 5.02. The van der Waals surface area contributed by atoms with Gasteiger partial charge in [-0.15, -0.1) is 0 Å². The van der Waals surface area contributed by atoms with E-state index in [4.69, 9.17) is 0 Å². The van der Waals surface area contributed by atoms with Gasteiger partial charge in [-0.25, -0.2) is 0 Å². The third kappa shape index (κ3) is 6.71. The molecule has 28 heavy (non-hydrogen) atoms. The summed E-state index contributed by atoms with van der Waals surface area (Å²) in [6.45, 7) is 7.68. The summed E-state index contributed by atoms with van der Waals surface area (Å²) in [5.74, 6) is 1.27. The van der Waals surface area contributed by atoms with E-state index in [2.05, 4.69) is 51.9 Å². The van der Waals surface area contributed by atoms with Gasteiger partial charge in [0, 0.05) is 5.92 Å². The van der Waals surface area contributed by atoms with Crippen LogP contribution in [0.15, 0.2) is 23.8 Å². The van der Waals surface area contributed by atoms with Gasteiger partial charge in [-0.3, -0.25) is 0 Å². The maximum absolute atomic E-state index is 10.7. The highest BCUT2D eigenvalue weighted by Gasteiger charge is 2.43. The minimum absolute atomic E-state index is 0.0961. The third-order valence-electron chi connectivity index (χ3n) is 7.04. The maximum atomic E-state index is 10.7. The minimum Gasteiger partial charge on any atom is -0.392 e. The average Bonchev–Trinajstić information content (AvgIpc) is 3.13. The minimum atomic E-state index is -0.434. The zero-order valence-electron chi connectivity index (χ0n) is 19.0. The van der Waals surface area contributed by atoms with E-state index in [1.54, 1.807) is 5.57 Å². The van der Waals surface area contributed by atoms with E-state index in [0.717, 1.165) is 32.1 Å². The molecule has 0 spiro atoms. The lowest BCUT2D eigenvalue weighted by atomic mass is 9.80. The number of hydrogen-bond donors (Lipinski definition) is 2. The Morgan fingerprint density at radius 2 is 1.96 bits per heavy atom. The van der Waals surface area contributed by atoms with Gasteiger partial charge < -0.3 is 15.1 Å². The predicted molar refractivity (Wildman–Crippen MR) is 119 cm³/mol.